The number of carbonyl (C=O) groups is 1. The highest BCUT2D eigenvalue weighted by Crippen LogP contribution is 2.38. The van der Waals surface area contributed by atoms with Gasteiger partial charge < -0.3 is 20.1 Å². The van der Waals surface area contributed by atoms with Gasteiger partial charge in [-0.25, -0.2) is 9.97 Å². The number of hydrogen-bond acceptors (Lipinski definition) is 9. The maximum absolute atomic E-state index is 14.0. The monoisotopic (exact) mass is 601 g/mol. The summed E-state index contributed by atoms with van der Waals surface area (Å²) in [5.74, 6) is 0.944. The highest BCUT2D eigenvalue weighted by atomic mass is 35.5. The van der Waals surface area contributed by atoms with E-state index in [1.165, 1.54) is 14.2 Å². The van der Waals surface area contributed by atoms with Crippen LogP contribution < -0.4 is 25.7 Å². The third-order valence-corrected chi connectivity index (χ3v) is 6.78. The van der Waals surface area contributed by atoms with E-state index in [-0.39, 0.29) is 28.1 Å². The molecule has 11 nitrogen and oxygen atoms in total. The van der Waals surface area contributed by atoms with Gasteiger partial charge in [0.15, 0.2) is 0 Å². The zero-order valence-electron chi connectivity index (χ0n) is 24.8. The number of ether oxygens (including phenoxy) is 2. The molecule has 0 radical (unpaired) electrons. The number of benzene rings is 1. The summed E-state index contributed by atoms with van der Waals surface area (Å²) < 4.78 is 12.4. The first-order chi connectivity index (χ1) is 20.5. The summed E-state index contributed by atoms with van der Waals surface area (Å²) in [5.41, 5.74) is 1.12. The molecule has 4 rings (SSSR count). The van der Waals surface area contributed by atoms with Gasteiger partial charge in [0.2, 0.25) is 5.95 Å². The molecule has 0 saturated heterocycles. The Balaban J connectivity index is 1.73. The average molecular weight is 602 g/mol. The fraction of sp³-hybridized carbons (Fsp3) is 0.290. The number of pyridine rings is 2. The van der Waals surface area contributed by atoms with Gasteiger partial charge in [0, 0.05) is 54.5 Å². The van der Waals surface area contributed by atoms with Crippen LogP contribution >= 0.6 is 11.6 Å². The van der Waals surface area contributed by atoms with Crippen molar-refractivity contribution in [1.29, 1.82) is 5.26 Å². The first kappa shape index (κ1) is 31.0. The lowest BCUT2D eigenvalue weighted by Gasteiger charge is -2.16. The Hall–Kier alpha value is -4.95. The molecular formula is C31H32ClN7O4. The van der Waals surface area contributed by atoms with Gasteiger partial charge in [-0.2, -0.15) is 10.2 Å². The molecule has 0 aliphatic heterocycles. The highest BCUT2D eigenvalue weighted by Gasteiger charge is 2.20. The smallest absolute Gasteiger partial charge is 0.267 e. The Kier molecular flexibility index (Phi) is 9.31. The summed E-state index contributed by atoms with van der Waals surface area (Å²) >= 11 is 6.66. The normalized spacial score (nSPS) is 11.6. The molecule has 0 fully saturated rings. The van der Waals surface area contributed by atoms with Crippen LogP contribution in [0.5, 0.6) is 11.5 Å². The van der Waals surface area contributed by atoms with Gasteiger partial charge in [0.25, 0.3) is 11.5 Å². The number of anilines is 2. The van der Waals surface area contributed by atoms with E-state index in [0.29, 0.717) is 57.5 Å². The van der Waals surface area contributed by atoms with Crippen molar-refractivity contribution in [3.05, 3.63) is 75.3 Å². The summed E-state index contributed by atoms with van der Waals surface area (Å²) in [6.45, 7) is 5.92. The summed E-state index contributed by atoms with van der Waals surface area (Å²) in [5, 5.41) is 15.9. The fourth-order valence-electron chi connectivity index (χ4n) is 4.39. The number of rotatable bonds is 9. The largest absolute Gasteiger partial charge is 0.497 e. The molecule has 3 heterocycles. The molecule has 1 aromatic carbocycles. The minimum absolute atomic E-state index is 0.00222. The number of carbonyl (C=O) groups excluding carboxylic acids is 1. The second-order valence-corrected chi connectivity index (χ2v) is 11.1. The summed E-state index contributed by atoms with van der Waals surface area (Å²) in [6.07, 6.45) is 3.58. The lowest BCUT2D eigenvalue weighted by atomic mass is 9.93. The van der Waals surface area contributed by atoms with Gasteiger partial charge in [0.1, 0.15) is 34.6 Å². The molecule has 0 aliphatic rings. The maximum atomic E-state index is 14.0. The van der Waals surface area contributed by atoms with E-state index in [2.05, 4.69) is 25.6 Å². The minimum Gasteiger partial charge on any atom is -0.497 e. The molecule has 12 heteroatoms. The molecule has 1 amide bonds. The molecule has 2 N–H and O–H groups in total. The second-order valence-electron chi connectivity index (χ2n) is 10.7. The van der Waals surface area contributed by atoms with E-state index in [1.807, 2.05) is 26.8 Å². The second kappa shape index (κ2) is 12.9. The van der Waals surface area contributed by atoms with Gasteiger partial charge in [-0.1, -0.05) is 44.5 Å². The Morgan fingerprint density at radius 1 is 1.14 bits per heavy atom. The molecular weight excluding hydrogens is 570 g/mol. The first-order valence-corrected chi connectivity index (χ1v) is 13.8. The third-order valence-electron chi connectivity index (χ3n) is 6.39. The van der Waals surface area contributed by atoms with Crippen molar-refractivity contribution in [1.82, 2.24) is 19.5 Å². The molecule has 43 heavy (non-hydrogen) atoms. The molecule has 222 valence electrons. The number of nitrogens with one attached hydrogen (secondary N) is 2. The summed E-state index contributed by atoms with van der Waals surface area (Å²) in [7, 11) is 4.70. The van der Waals surface area contributed by atoms with E-state index < -0.39 is 5.91 Å². The number of nitriles is 1. The van der Waals surface area contributed by atoms with Gasteiger partial charge in [-0.05, 0) is 29.7 Å². The van der Waals surface area contributed by atoms with Crippen molar-refractivity contribution in [3.63, 3.8) is 0 Å². The summed E-state index contributed by atoms with van der Waals surface area (Å²) in [6, 6.07) is 12.1. The molecule has 0 atom stereocenters. The average Bonchev–Trinajstić information content (AvgIpc) is 2.98. The predicted molar refractivity (Wildman–Crippen MR) is 167 cm³/mol. The van der Waals surface area contributed by atoms with Crippen molar-refractivity contribution in [2.24, 2.45) is 5.41 Å². The van der Waals surface area contributed by atoms with Gasteiger partial charge in [0.05, 0.1) is 19.2 Å². The number of allylic oxidation sites excluding steroid dienone is 1. The fourth-order valence-corrected chi connectivity index (χ4v) is 4.68. The quantitative estimate of drug-likeness (QED) is 0.194. The van der Waals surface area contributed by atoms with Crippen LogP contribution in [0.4, 0.5) is 11.8 Å². The lowest BCUT2D eigenvalue weighted by molar-refractivity contribution is -0.112. The molecule has 0 spiro atoms. The number of methoxy groups -OCH3 is 2. The van der Waals surface area contributed by atoms with Crippen LogP contribution in [-0.2, 0) is 17.8 Å². The van der Waals surface area contributed by atoms with Crippen LogP contribution in [0.2, 0.25) is 5.02 Å². The first-order valence-electron chi connectivity index (χ1n) is 13.4. The van der Waals surface area contributed by atoms with Crippen LogP contribution in [0.1, 0.15) is 26.5 Å². The SMILES string of the molecule is CNc1ncc2cc(-c3cc(OC)cc(OC)c3Cl)c(=O)n(CCc3cccc(NC(=O)C(C#N)=CC(C)(C)C)n3)c2n1. The standard InChI is InChI=1S/C31H32ClN7O4/c1-31(2,3)15-19(16-33)28(40)37-25-9-7-8-20(36-25)10-11-39-27-18(17-35-30(34-4)38-27)12-23(29(39)41)22-13-21(42-5)14-24(43-6)26(22)32/h7-9,12-15,17H,10-11H2,1-6H3,(H,34,35,38)(H,36,37,40). The molecule has 4 aromatic rings. The predicted octanol–water partition coefficient (Wildman–Crippen LogP) is 5.24. The number of aromatic nitrogens is 4. The lowest BCUT2D eigenvalue weighted by Crippen LogP contribution is -2.24. The van der Waals surface area contributed by atoms with Crippen LogP contribution in [0.15, 0.2) is 59.0 Å². The van der Waals surface area contributed by atoms with Gasteiger partial charge >= 0.3 is 0 Å². The van der Waals surface area contributed by atoms with Crippen molar-refractivity contribution >= 4 is 40.3 Å². The molecule has 3 aromatic heterocycles. The molecule has 0 aliphatic carbocycles. The van der Waals surface area contributed by atoms with Crippen LogP contribution in [0.3, 0.4) is 0 Å². The van der Waals surface area contributed by atoms with E-state index in [4.69, 9.17) is 21.1 Å². The number of fused-ring (bicyclic) bond motifs is 1. The van der Waals surface area contributed by atoms with Gasteiger partial charge in [-0.3, -0.25) is 14.2 Å². The van der Waals surface area contributed by atoms with Crippen molar-refractivity contribution in [2.45, 2.75) is 33.7 Å². The Bertz CT molecular complexity index is 1820. The highest BCUT2D eigenvalue weighted by molar-refractivity contribution is 6.35. The van der Waals surface area contributed by atoms with E-state index in [1.54, 1.807) is 60.3 Å². The van der Waals surface area contributed by atoms with E-state index in [9.17, 15) is 14.9 Å². The Morgan fingerprint density at radius 3 is 2.56 bits per heavy atom. The number of halogens is 1. The third kappa shape index (κ3) is 7.10. The van der Waals surface area contributed by atoms with E-state index in [0.717, 1.165) is 0 Å². The zero-order chi connectivity index (χ0) is 31.3. The molecule has 0 saturated carbocycles. The topological polar surface area (TPSA) is 144 Å². The van der Waals surface area contributed by atoms with Crippen molar-refractivity contribution in [3.8, 4) is 28.7 Å². The minimum atomic E-state index is -0.543. The van der Waals surface area contributed by atoms with Crippen LogP contribution in [0.25, 0.3) is 22.2 Å². The Morgan fingerprint density at radius 2 is 1.91 bits per heavy atom. The van der Waals surface area contributed by atoms with Gasteiger partial charge in [-0.15, -0.1) is 0 Å². The number of nitrogens with zero attached hydrogens (tertiary/aromatic N) is 5. The zero-order valence-corrected chi connectivity index (χ0v) is 25.5. The maximum Gasteiger partial charge on any atom is 0.267 e. The van der Waals surface area contributed by atoms with Crippen molar-refractivity contribution < 1.29 is 14.3 Å². The number of aryl methyl sites for hydroxylation is 2. The summed E-state index contributed by atoms with van der Waals surface area (Å²) in [4.78, 5) is 40.1. The Labute approximate surface area is 254 Å². The number of amides is 1. The van der Waals surface area contributed by atoms with Crippen molar-refractivity contribution in [2.75, 3.05) is 31.9 Å². The van der Waals surface area contributed by atoms with Crippen LogP contribution in [-0.4, -0.2) is 46.7 Å². The molecule has 0 unspecified atom stereocenters. The number of hydrogen-bond donors (Lipinski definition) is 2. The molecule has 0 bridgehead atoms. The van der Waals surface area contributed by atoms with Crippen LogP contribution in [0, 0.1) is 16.7 Å². The van der Waals surface area contributed by atoms with E-state index >= 15 is 0 Å².